The molecule has 2 heterocycles. The minimum atomic E-state index is -0.0188. The fourth-order valence-electron chi connectivity index (χ4n) is 3.73. The molecule has 27 heavy (non-hydrogen) atoms. The predicted molar refractivity (Wildman–Crippen MR) is 110 cm³/mol. The van der Waals surface area contributed by atoms with Crippen molar-refractivity contribution >= 4 is 11.7 Å². The first-order valence-electron chi connectivity index (χ1n) is 9.82. The van der Waals surface area contributed by atoms with Crippen molar-refractivity contribution in [3.63, 3.8) is 0 Å². The second kappa shape index (κ2) is 9.51. The van der Waals surface area contributed by atoms with Crippen LogP contribution in [0.4, 0.5) is 5.82 Å². The van der Waals surface area contributed by atoms with Gasteiger partial charge in [-0.25, -0.2) is 4.98 Å². The van der Waals surface area contributed by atoms with E-state index in [0.29, 0.717) is 6.54 Å². The average molecular weight is 367 g/mol. The summed E-state index contributed by atoms with van der Waals surface area (Å²) in [6.45, 7) is 2.28. The van der Waals surface area contributed by atoms with Gasteiger partial charge in [0.1, 0.15) is 5.82 Å². The third kappa shape index (κ3) is 5.30. The van der Waals surface area contributed by atoms with Crippen molar-refractivity contribution in [2.75, 3.05) is 25.5 Å². The lowest BCUT2D eigenvalue weighted by atomic mass is 10.1. The largest absolute Gasteiger partial charge is 0.355 e. The molecule has 144 valence electrons. The first kappa shape index (κ1) is 19.4. The van der Waals surface area contributed by atoms with Crippen LogP contribution >= 0.6 is 0 Å². The molecule has 5 nitrogen and oxygen atoms in total. The monoisotopic (exact) mass is 366 g/mol. The Labute approximate surface area is 162 Å². The van der Waals surface area contributed by atoms with E-state index in [0.717, 1.165) is 37.3 Å². The van der Waals surface area contributed by atoms with E-state index in [1.54, 1.807) is 6.20 Å². The molecule has 1 amide bonds. The van der Waals surface area contributed by atoms with Gasteiger partial charge in [-0.3, -0.25) is 9.69 Å². The summed E-state index contributed by atoms with van der Waals surface area (Å²) in [6, 6.07) is 14.3. The fourth-order valence-corrected chi connectivity index (χ4v) is 3.73. The number of nitrogens with one attached hydrogen (secondary N) is 1. The summed E-state index contributed by atoms with van der Waals surface area (Å²) in [5.41, 5.74) is 2.28. The third-order valence-electron chi connectivity index (χ3n) is 5.27. The van der Waals surface area contributed by atoms with Crippen LogP contribution in [0.15, 0.2) is 48.7 Å². The van der Waals surface area contributed by atoms with Crippen LogP contribution in [-0.4, -0.2) is 42.5 Å². The normalized spacial score (nSPS) is 17.9. The van der Waals surface area contributed by atoms with Crippen LogP contribution in [-0.2, 0) is 17.9 Å². The van der Waals surface area contributed by atoms with Crippen molar-refractivity contribution in [3.05, 3.63) is 59.8 Å². The molecule has 0 bridgehead atoms. The molecule has 1 aliphatic rings. The first-order chi connectivity index (χ1) is 13.1. The number of hydrogen-bond acceptors (Lipinski definition) is 4. The molecule has 1 aromatic carbocycles. The minimum absolute atomic E-state index is 0.0188. The number of benzene rings is 1. The number of amides is 1. The van der Waals surface area contributed by atoms with Gasteiger partial charge >= 0.3 is 0 Å². The van der Waals surface area contributed by atoms with Crippen LogP contribution in [0.1, 0.15) is 36.8 Å². The molecule has 0 spiro atoms. The maximum absolute atomic E-state index is 12.7. The summed E-state index contributed by atoms with van der Waals surface area (Å²) in [7, 11) is 4.10. The predicted octanol–water partition coefficient (Wildman–Crippen LogP) is 3.21. The standard InChI is InChI=1S/C22H30N4O/c1-25-15-8-4-7-13-20(25)22(27)24-16-19-12-9-14-23-21(19)26(2)17-18-10-5-3-6-11-18/h3,5-6,9-12,14,20H,4,7-8,13,15-17H2,1-2H3,(H,24,27)/t20-/m1/s1. The van der Waals surface area contributed by atoms with E-state index in [1.807, 2.05) is 37.4 Å². The highest BCUT2D eigenvalue weighted by molar-refractivity contribution is 5.81. The number of pyridine rings is 1. The highest BCUT2D eigenvalue weighted by atomic mass is 16.2. The van der Waals surface area contributed by atoms with E-state index in [2.05, 4.69) is 39.3 Å². The molecular formula is C22H30N4O. The highest BCUT2D eigenvalue weighted by Gasteiger charge is 2.24. The molecule has 1 atom stereocenters. The summed E-state index contributed by atoms with van der Waals surface area (Å²) < 4.78 is 0. The topological polar surface area (TPSA) is 48.5 Å². The van der Waals surface area contributed by atoms with E-state index in [-0.39, 0.29) is 11.9 Å². The van der Waals surface area contributed by atoms with Crippen molar-refractivity contribution in [2.45, 2.75) is 44.8 Å². The zero-order valence-corrected chi connectivity index (χ0v) is 16.4. The number of nitrogens with zero attached hydrogens (tertiary/aromatic N) is 3. The number of rotatable bonds is 6. The molecule has 1 N–H and O–H groups in total. The van der Waals surface area contributed by atoms with Gasteiger partial charge in [0.15, 0.2) is 0 Å². The Morgan fingerprint density at radius 2 is 2.00 bits per heavy atom. The van der Waals surface area contributed by atoms with E-state index in [1.165, 1.54) is 18.4 Å². The van der Waals surface area contributed by atoms with Gasteiger partial charge in [-0.15, -0.1) is 0 Å². The van der Waals surface area contributed by atoms with Crippen molar-refractivity contribution in [1.82, 2.24) is 15.2 Å². The lowest BCUT2D eigenvalue weighted by Crippen LogP contribution is -2.44. The molecule has 1 aliphatic heterocycles. The Bertz CT molecular complexity index is 734. The third-order valence-corrected chi connectivity index (χ3v) is 5.27. The van der Waals surface area contributed by atoms with Crippen molar-refractivity contribution in [3.8, 4) is 0 Å². The molecule has 1 saturated heterocycles. The molecule has 0 radical (unpaired) electrons. The molecule has 0 saturated carbocycles. The van der Waals surface area contributed by atoms with Crippen LogP contribution in [0.5, 0.6) is 0 Å². The number of aromatic nitrogens is 1. The number of anilines is 1. The quantitative estimate of drug-likeness (QED) is 0.853. The second-order valence-electron chi connectivity index (χ2n) is 7.39. The molecule has 0 aliphatic carbocycles. The smallest absolute Gasteiger partial charge is 0.237 e. The number of likely N-dealkylation sites (tertiary alicyclic amines) is 1. The maximum Gasteiger partial charge on any atom is 0.237 e. The fraction of sp³-hybridized carbons (Fsp3) is 0.455. The average Bonchev–Trinajstić information content (AvgIpc) is 2.91. The summed E-state index contributed by atoms with van der Waals surface area (Å²) in [6.07, 6.45) is 6.26. The second-order valence-corrected chi connectivity index (χ2v) is 7.39. The number of likely N-dealkylation sites (N-methyl/N-ethyl adjacent to an activating group) is 1. The van der Waals surface area contributed by atoms with Crippen LogP contribution in [0, 0.1) is 0 Å². The minimum Gasteiger partial charge on any atom is -0.355 e. The Balaban J connectivity index is 1.64. The lowest BCUT2D eigenvalue weighted by Gasteiger charge is -2.25. The zero-order chi connectivity index (χ0) is 19.1. The Kier molecular flexibility index (Phi) is 6.82. The van der Waals surface area contributed by atoms with Crippen LogP contribution < -0.4 is 10.2 Å². The van der Waals surface area contributed by atoms with Gasteiger partial charge in [0.2, 0.25) is 5.91 Å². The SMILES string of the molecule is CN(Cc1ccccc1)c1ncccc1CNC(=O)[C@H]1CCCCCN1C. The van der Waals surface area contributed by atoms with Gasteiger partial charge in [0.25, 0.3) is 0 Å². The highest BCUT2D eigenvalue weighted by Crippen LogP contribution is 2.19. The summed E-state index contributed by atoms with van der Waals surface area (Å²) in [5, 5.41) is 3.14. The van der Waals surface area contributed by atoms with Crippen LogP contribution in [0.2, 0.25) is 0 Å². The lowest BCUT2D eigenvalue weighted by molar-refractivity contribution is -0.126. The molecule has 3 rings (SSSR count). The van der Waals surface area contributed by atoms with Gasteiger partial charge in [-0.1, -0.05) is 49.2 Å². The molecular weight excluding hydrogens is 336 g/mol. The van der Waals surface area contributed by atoms with Crippen LogP contribution in [0.25, 0.3) is 0 Å². The van der Waals surface area contributed by atoms with Gasteiger partial charge in [0, 0.05) is 31.9 Å². The zero-order valence-electron chi connectivity index (χ0n) is 16.4. The van der Waals surface area contributed by atoms with Gasteiger partial charge in [-0.05, 0) is 38.1 Å². The number of hydrogen-bond donors (Lipinski definition) is 1. The maximum atomic E-state index is 12.7. The number of carbonyl (C=O) groups is 1. The Hall–Kier alpha value is -2.40. The molecule has 1 fully saturated rings. The summed E-state index contributed by atoms with van der Waals surface area (Å²) in [4.78, 5) is 21.6. The van der Waals surface area contributed by atoms with Crippen molar-refractivity contribution in [2.24, 2.45) is 0 Å². The molecule has 5 heteroatoms. The molecule has 2 aromatic rings. The van der Waals surface area contributed by atoms with Gasteiger partial charge in [0.05, 0.1) is 6.04 Å². The van der Waals surface area contributed by atoms with Gasteiger partial charge in [-0.2, -0.15) is 0 Å². The summed E-state index contributed by atoms with van der Waals surface area (Å²) >= 11 is 0. The summed E-state index contributed by atoms with van der Waals surface area (Å²) in [5.74, 6) is 1.04. The van der Waals surface area contributed by atoms with E-state index in [9.17, 15) is 4.79 Å². The van der Waals surface area contributed by atoms with Crippen molar-refractivity contribution in [1.29, 1.82) is 0 Å². The Morgan fingerprint density at radius 1 is 1.19 bits per heavy atom. The first-order valence-corrected chi connectivity index (χ1v) is 9.82. The van der Waals surface area contributed by atoms with Gasteiger partial charge < -0.3 is 10.2 Å². The van der Waals surface area contributed by atoms with E-state index < -0.39 is 0 Å². The van der Waals surface area contributed by atoms with Crippen LogP contribution in [0.3, 0.4) is 0 Å². The number of carbonyl (C=O) groups excluding carboxylic acids is 1. The van der Waals surface area contributed by atoms with Crippen molar-refractivity contribution < 1.29 is 4.79 Å². The van der Waals surface area contributed by atoms with E-state index >= 15 is 0 Å². The molecule has 1 aromatic heterocycles. The Morgan fingerprint density at radius 3 is 2.81 bits per heavy atom. The molecule has 0 unspecified atom stereocenters. The van der Waals surface area contributed by atoms with E-state index in [4.69, 9.17) is 0 Å².